The minimum atomic E-state index is -0.152. The van der Waals surface area contributed by atoms with Crippen LogP contribution in [-0.2, 0) is 24.3 Å². The molecule has 2 rings (SSSR count). The van der Waals surface area contributed by atoms with E-state index in [1.807, 2.05) is 24.3 Å². The van der Waals surface area contributed by atoms with Crippen molar-refractivity contribution >= 4 is 5.91 Å². The standard InChI is InChI=1S/C19H23N3O/c1-5-11-22-15(4)17(12-16-9-7-6-8-10-16)21-18(22)13-20-19(23)14(2)3/h5-10H,1-2,11-13H2,3-4H3,(H,20,23). The molecule has 0 radical (unpaired) electrons. The monoisotopic (exact) mass is 309 g/mol. The molecule has 0 aliphatic rings. The number of carbonyl (C=O) groups excluding carboxylic acids is 1. The second-order valence-electron chi connectivity index (χ2n) is 5.58. The molecule has 1 aromatic heterocycles. The summed E-state index contributed by atoms with van der Waals surface area (Å²) in [4.78, 5) is 16.4. The Morgan fingerprint density at radius 3 is 2.65 bits per heavy atom. The predicted octanol–water partition coefficient (Wildman–Crippen LogP) is 3.16. The van der Waals surface area contributed by atoms with Gasteiger partial charge in [-0.15, -0.1) is 6.58 Å². The topological polar surface area (TPSA) is 46.9 Å². The van der Waals surface area contributed by atoms with E-state index in [1.54, 1.807) is 6.92 Å². The second kappa shape index (κ2) is 7.58. The van der Waals surface area contributed by atoms with Crippen LogP contribution < -0.4 is 5.32 Å². The van der Waals surface area contributed by atoms with Gasteiger partial charge >= 0.3 is 0 Å². The van der Waals surface area contributed by atoms with Gasteiger partial charge in [0.25, 0.3) is 0 Å². The van der Waals surface area contributed by atoms with Gasteiger partial charge < -0.3 is 9.88 Å². The zero-order chi connectivity index (χ0) is 16.8. The second-order valence-corrected chi connectivity index (χ2v) is 5.58. The lowest BCUT2D eigenvalue weighted by Gasteiger charge is -2.08. The van der Waals surface area contributed by atoms with Gasteiger partial charge in [0.2, 0.25) is 5.91 Å². The lowest BCUT2D eigenvalue weighted by Crippen LogP contribution is -2.25. The summed E-state index contributed by atoms with van der Waals surface area (Å²) in [5, 5.41) is 2.85. The average Bonchev–Trinajstić information content (AvgIpc) is 2.83. The van der Waals surface area contributed by atoms with Gasteiger partial charge in [-0.25, -0.2) is 4.98 Å². The summed E-state index contributed by atoms with van der Waals surface area (Å²) in [6.45, 7) is 12.3. The van der Waals surface area contributed by atoms with Crippen molar-refractivity contribution in [3.8, 4) is 0 Å². The first-order valence-electron chi connectivity index (χ1n) is 7.66. The number of aromatic nitrogens is 2. The van der Waals surface area contributed by atoms with Crippen molar-refractivity contribution in [2.75, 3.05) is 0 Å². The maximum absolute atomic E-state index is 11.7. The molecule has 0 saturated carbocycles. The van der Waals surface area contributed by atoms with Crippen LogP contribution in [0.4, 0.5) is 0 Å². The maximum Gasteiger partial charge on any atom is 0.246 e. The van der Waals surface area contributed by atoms with Crippen LogP contribution >= 0.6 is 0 Å². The van der Waals surface area contributed by atoms with Crippen LogP contribution in [0.5, 0.6) is 0 Å². The van der Waals surface area contributed by atoms with Crippen LogP contribution in [0.2, 0.25) is 0 Å². The van der Waals surface area contributed by atoms with Crippen LogP contribution in [-0.4, -0.2) is 15.5 Å². The van der Waals surface area contributed by atoms with Crippen LogP contribution in [0, 0.1) is 6.92 Å². The van der Waals surface area contributed by atoms with Crippen LogP contribution in [0.25, 0.3) is 0 Å². The molecule has 0 saturated heterocycles. The molecule has 0 fully saturated rings. The summed E-state index contributed by atoms with van der Waals surface area (Å²) >= 11 is 0. The van der Waals surface area contributed by atoms with E-state index >= 15 is 0 Å². The number of rotatable bonds is 7. The molecular formula is C19H23N3O. The van der Waals surface area contributed by atoms with Crippen molar-refractivity contribution in [1.29, 1.82) is 0 Å². The molecule has 0 aliphatic heterocycles. The summed E-state index contributed by atoms with van der Waals surface area (Å²) in [6, 6.07) is 10.2. The van der Waals surface area contributed by atoms with Gasteiger partial charge in [0.05, 0.1) is 12.2 Å². The smallest absolute Gasteiger partial charge is 0.246 e. The first-order chi connectivity index (χ1) is 11.0. The zero-order valence-corrected chi connectivity index (χ0v) is 13.8. The lowest BCUT2D eigenvalue weighted by atomic mass is 10.1. The molecule has 0 aliphatic carbocycles. The lowest BCUT2D eigenvalue weighted by molar-refractivity contribution is -0.117. The number of amides is 1. The fourth-order valence-corrected chi connectivity index (χ4v) is 2.42. The molecular weight excluding hydrogens is 286 g/mol. The van der Waals surface area contributed by atoms with Gasteiger partial charge in [-0.1, -0.05) is 43.0 Å². The van der Waals surface area contributed by atoms with E-state index < -0.39 is 0 Å². The highest BCUT2D eigenvalue weighted by Crippen LogP contribution is 2.16. The summed E-state index contributed by atoms with van der Waals surface area (Å²) < 4.78 is 2.09. The fourth-order valence-electron chi connectivity index (χ4n) is 2.42. The maximum atomic E-state index is 11.7. The van der Waals surface area contributed by atoms with E-state index in [1.165, 1.54) is 5.56 Å². The minimum Gasteiger partial charge on any atom is -0.345 e. The van der Waals surface area contributed by atoms with Gasteiger partial charge in [-0.05, 0) is 19.4 Å². The molecule has 0 spiro atoms. The molecule has 1 heterocycles. The number of hydrogen-bond acceptors (Lipinski definition) is 2. The Hall–Kier alpha value is -2.62. The molecule has 1 aromatic carbocycles. The quantitative estimate of drug-likeness (QED) is 0.631. The highest BCUT2D eigenvalue weighted by molar-refractivity contribution is 5.91. The number of allylic oxidation sites excluding steroid dienone is 1. The first kappa shape index (κ1) is 16.7. The molecule has 23 heavy (non-hydrogen) atoms. The molecule has 120 valence electrons. The third kappa shape index (κ3) is 4.19. The average molecular weight is 309 g/mol. The van der Waals surface area contributed by atoms with Gasteiger partial charge in [0, 0.05) is 24.2 Å². The molecule has 4 nitrogen and oxygen atoms in total. The third-order valence-corrected chi connectivity index (χ3v) is 3.72. The Labute approximate surface area is 137 Å². The van der Waals surface area contributed by atoms with Crippen molar-refractivity contribution in [1.82, 2.24) is 14.9 Å². The van der Waals surface area contributed by atoms with Crippen LogP contribution in [0.15, 0.2) is 55.1 Å². The first-order valence-corrected chi connectivity index (χ1v) is 7.66. The Kier molecular flexibility index (Phi) is 5.52. The van der Waals surface area contributed by atoms with Crippen LogP contribution in [0.3, 0.4) is 0 Å². The van der Waals surface area contributed by atoms with Crippen molar-refractivity contribution in [2.45, 2.75) is 33.4 Å². The highest BCUT2D eigenvalue weighted by atomic mass is 16.1. The number of benzene rings is 1. The molecule has 1 amide bonds. The third-order valence-electron chi connectivity index (χ3n) is 3.72. The zero-order valence-electron chi connectivity index (χ0n) is 13.8. The van der Waals surface area contributed by atoms with Gasteiger partial charge in [0.15, 0.2) is 0 Å². The SMILES string of the molecule is C=CCn1c(CNC(=O)C(=C)C)nc(Cc2ccccc2)c1C. The molecule has 4 heteroatoms. The largest absolute Gasteiger partial charge is 0.345 e. The molecule has 0 bridgehead atoms. The van der Waals surface area contributed by atoms with E-state index in [-0.39, 0.29) is 5.91 Å². The summed E-state index contributed by atoms with van der Waals surface area (Å²) in [5.74, 6) is 0.684. The summed E-state index contributed by atoms with van der Waals surface area (Å²) in [5.41, 5.74) is 3.84. The van der Waals surface area contributed by atoms with E-state index in [9.17, 15) is 4.79 Å². The number of imidazole rings is 1. The molecule has 1 N–H and O–H groups in total. The van der Waals surface area contributed by atoms with Crippen molar-refractivity contribution < 1.29 is 4.79 Å². The van der Waals surface area contributed by atoms with Crippen LogP contribution in [0.1, 0.15) is 29.7 Å². The van der Waals surface area contributed by atoms with Crippen molar-refractivity contribution in [2.24, 2.45) is 0 Å². The van der Waals surface area contributed by atoms with E-state index in [0.717, 1.165) is 23.6 Å². The van der Waals surface area contributed by atoms with E-state index in [4.69, 9.17) is 4.98 Å². The Morgan fingerprint density at radius 1 is 1.35 bits per heavy atom. The Morgan fingerprint density at radius 2 is 2.04 bits per heavy atom. The minimum absolute atomic E-state index is 0.152. The Balaban J connectivity index is 2.23. The van der Waals surface area contributed by atoms with Crippen molar-refractivity contribution in [3.63, 3.8) is 0 Å². The number of carbonyl (C=O) groups is 1. The molecule has 2 aromatic rings. The fraction of sp³-hybridized carbons (Fsp3) is 0.263. The van der Waals surface area contributed by atoms with Gasteiger partial charge in [0.1, 0.15) is 5.82 Å². The number of nitrogens with one attached hydrogen (secondary N) is 1. The Bertz CT molecular complexity index is 714. The molecule has 0 atom stereocenters. The summed E-state index contributed by atoms with van der Waals surface area (Å²) in [6.07, 6.45) is 2.61. The van der Waals surface area contributed by atoms with Gasteiger partial charge in [-0.3, -0.25) is 4.79 Å². The summed E-state index contributed by atoms with van der Waals surface area (Å²) in [7, 11) is 0. The molecule has 0 unspecified atom stereocenters. The predicted molar refractivity (Wildman–Crippen MR) is 93.1 cm³/mol. The van der Waals surface area contributed by atoms with Crippen molar-refractivity contribution in [3.05, 3.63) is 77.9 Å². The normalized spacial score (nSPS) is 10.3. The van der Waals surface area contributed by atoms with E-state index in [2.05, 4.69) is 42.1 Å². The highest BCUT2D eigenvalue weighted by Gasteiger charge is 2.14. The number of hydrogen-bond donors (Lipinski definition) is 1. The number of nitrogens with zero attached hydrogens (tertiary/aromatic N) is 2. The van der Waals surface area contributed by atoms with Gasteiger partial charge in [-0.2, -0.15) is 0 Å². The van der Waals surface area contributed by atoms with E-state index in [0.29, 0.717) is 18.7 Å².